The maximum Gasteiger partial charge on any atom is 0.407 e. The normalized spacial score (nSPS) is 17.5. The van der Waals surface area contributed by atoms with Gasteiger partial charge in [0.1, 0.15) is 18.6 Å². The summed E-state index contributed by atoms with van der Waals surface area (Å²) in [5.41, 5.74) is 6.05. The standard InChI is InChI=1S/C28H42N6O8/c1-4-9-19(24(37)27(40)30-14-21(35)33-23(25(29)38)18-10-6-5-7-11-18)32-26(39)20-12-8-13-34(20)22(36)15-31-28(41)42-16-17(2)3/h5-6,10,17,19-20,23H,4,7-9,11-16H2,1-3H3,(H2,29,38)(H,30,40)(H,31,41)(H,32,39)(H,33,35)/t19?,20-,23?/m0/s1. The van der Waals surface area contributed by atoms with Crippen LogP contribution in [0.5, 0.6) is 0 Å². The van der Waals surface area contributed by atoms with Gasteiger partial charge in [0.25, 0.3) is 5.91 Å². The highest BCUT2D eigenvalue weighted by Crippen LogP contribution is 2.18. The fourth-order valence-electron chi connectivity index (χ4n) is 4.53. The van der Waals surface area contributed by atoms with Gasteiger partial charge in [0.15, 0.2) is 0 Å². The number of ether oxygens (including phenoxy) is 1. The predicted molar refractivity (Wildman–Crippen MR) is 151 cm³/mol. The van der Waals surface area contributed by atoms with Crippen LogP contribution in [0.4, 0.5) is 4.79 Å². The fourth-order valence-corrected chi connectivity index (χ4v) is 4.53. The first-order chi connectivity index (χ1) is 19.9. The number of nitrogens with two attached hydrogens (primary N) is 1. The summed E-state index contributed by atoms with van der Waals surface area (Å²) < 4.78 is 4.98. The first-order valence-corrected chi connectivity index (χ1v) is 14.2. The van der Waals surface area contributed by atoms with Crippen molar-refractivity contribution in [2.24, 2.45) is 11.7 Å². The second-order valence-electron chi connectivity index (χ2n) is 10.6. The third-order valence-corrected chi connectivity index (χ3v) is 6.66. The molecule has 42 heavy (non-hydrogen) atoms. The molecule has 0 spiro atoms. The second-order valence-corrected chi connectivity index (χ2v) is 10.6. The summed E-state index contributed by atoms with van der Waals surface area (Å²) in [5.74, 6) is -4.44. The first-order valence-electron chi connectivity index (χ1n) is 14.2. The van der Waals surface area contributed by atoms with Crippen molar-refractivity contribution in [2.75, 3.05) is 26.2 Å². The predicted octanol–water partition coefficient (Wildman–Crippen LogP) is -0.424. The molecule has 0 saturated carbocycles. The highest BCUT2D eigenvalue weighted by atomic mass is 16.5. The van der Waals surface area contributed by atoms with Gasteiger partial charge >= 0.3 is 6.09 Å². The molecule has 2 unspecified atom stereocenters. The Morgan fingerprint density at radius 3 is 2.43 bits per heavy atom. The van der Waals surface area contributed by atoms with Gasteiger partial charge in [-0.3, -0.25) is 28.8 Å². The molecule has 6 amide bonds. The van der Waals surface area contributed by atoms with Crippen LogP contribution in [-0.2, 0) is 33.5 Å². The fraction of sp³-hybridized carbons (Fsp3) is 0.607. The summed E-state index contributed by atoms with van der Waals surface area (Å²) in [5, 5.41) is 9.64. The van der Waals surface area contributed by atoms with Crippen molar-refractivity contribution in [3.8, 4) is 0 Å². The minimum absolute atomic E-state index is 0.132. The van der Waals surface area contributed by atoms with Crippen molar-refractivity contribution in [3.63, 3.8) is 0 Å². The number of hydrogen-bond donors (Lipinski definition) is 5. The summed E-state index contributed by atoms with van der Waals surface area (Å²) in [6, 6.07) is -3.09. The Kier molecular flexibility index (Phi) is 13.7. The van der Waals surface area contributed by atoms with Crippen molar-refractivity contribution in [1.29, 1.82) is 0 Å². The minimum Gasteiger partial charge on any atom is -0.449 e. The summed E-state index contributed by atoms with van der Waals surface area (Å²) in [6.45, 7) is 5.07. The lowest BCUT2D eigenvalue weighted by Crippen LogP contribution is -2.55. The van der Waals surface area contributed by atoms with E-state index in [0.29, 0.717) is 44.2 Å². The number of alkyl carbamates (subject to hydrolysis) is 1. The largest absolute Gasteiger partial charge is 0.449 e. The van der Waals surface area contributed by atoms with E-state index in [-0.39, 0.29) is 25.5 Å². The number of amides is 6. The number of allylic oxidation sites excluding steroid dienone is 3. The number of carbonyl (C=O) groups excluding carboxylic acids is 7. The van der Waals surface area contributed by atoms with Crippen LogP contribution in [0.15, 0.2) is 23.8 Å². The third kappa shape index (κ3) is 10.6. The molecular formula is C28H42N6O8. The van der Waals surface area contributed by atoms with Crippen LogP contribution in [0.25, 0.3) is 0 Å². The quantitative estimate of drug-likeness (QED) is 0.158. The van der Waals surface area contributed by atoms with Gasteiger partial charge in [0, 0.05) is 6.54 Å². The number of nitrogens with zero attached hydrogens (tertiary/aromatic N) is 1. The molecule has 1 aliphatic heterocycles. The molecule has 1 saturated heterocycles. The van der Waals surface area contributed by atoms with E-state index in [1.165, 1.54) is 4.90 Å². The van der Waals surface area contributed by atoms with Crippen molar-refractivity contribution in [3.05, 3.63) is 23.8 Å². The van der Waals surface area contributed by atoms with Crippen LogP contribution in [0, 0.1) is 5.92 Å². The van der Waals surface area contributed by atoms with E-state index in [1.807, 2.05) is 19.9 Å². The molecule has 14 nitrogen and oxygen atoms in total. The Morgan fingerprint density at radius 2 is 1.81 bits per heavy atom. The Morgan fingerprint density at radius 1 is 1.07 bits per heavy atom. The second kappa shape index (κ2) is 16.9. The summed E-state index contributed by atoms with van der Waals surface area (Å²) >= 11 is 0. The SMILES string of the molecule is CCCC(NC(=O)[C@@H]1CCCN1C(=O)CNC(=O)OCC(C)C)C(=O)C(=O)NCC(=O)NC(C(N)=O)C1=CC=CCC1. The average molecular weight is 591 g/mol. The first kappa shape index (κ1) is 34.0. The zero-order valence-electron chi connectivity index (χ0n) is 24.4. The van der Waals surface area contributed by atoms with Crippen LogP contribution in [0.3, 0.4) is 0 Å². The van der Waals surface area contributed by atoms with E-state index in [9.17, 15) is 33.6 Å². The van der Waals surface area contributed by atoms with E-state index < -0.39 is 66.1 Å². The Labute approximate surface area is 245 Å². The monoisotopic (exact) mass is 590 g/mol. The van der Waals surface area contributed by atoms with E-state index in [4.69, 9.17) is 10.5 Å². The molecule has 1 aliphatic carbocycles. The zero-order chi connectivity index (χ0) is 31.2. The van der Waals surface area contributed by atoms with Gasteiger partial charge in [-0.25, -0.2) is 4.79 Å². The Hall–Kier alpha value is -4.23. The number of ketones is 1. The minimum atomic E-state index is -1.18. The topological polar surface area (TPSA) is 206 Å². The Bertz CT molecular complexity index is 1100. The number of nitrogens with one attached hydrogen (secondary N) is 4. The lowest BCUT2D eigenvalue weighted by Gasteiger charge is -2.26. The molecule has 1 fully saturated rings. The summed E-state index contributed by atoms with van der Waals surface area (Å²) in [6.07, 6.45) is 7.36. The molecule has 2 rings (SSSR count). The molecule has 232 valence electrons. The average Bonchev–Trinajstić information content (AvgIpc) is 3.46. The molecule has 0 aromatic heterocycles. The van der Waals surface area contributed by atoms with Gasteiger partial charge in [0.05, 0.1) is 19.2 Å². The van der Waals surface area contributed by atoms with Gasteiger partial charge in [-0.05, 0) is 43.6 Å². The van der Waals surface area contributed by atoms with Crippen LogP contribution in [-0.4, -0.2) is 90.7 Å². The molecule has 0 aromatic rings. The maximum absolute atomic E-state index is 13.1. The molecule has 3 atom stereocenters. The summed E-state index contributed by atoms with van der Waals surface area (Å²) in [7, 11) is 0. The van der Waals surface area contributed by atoms with Gasteiger partial charge in [-0.1, -0.05) is 45.4 Å². The molecule has 2 aliphatic rings. The summed E-state index contributed by atoms with van der Waals surface area (Å²) in [4.78, 5) is 88.6. The highest BCUT2D eigenvalue weighted by Gasteiger charge is 2.36. The van der Waals surface area contributed by atoms with Crippen molar-refractivity contribution in [1.82, 2.24) is 26.2 Å². The third-order valence-electron chi connectivity index (χ3n) is 6.66. The van der Waals surface area contributed by atoms with Gasteiger partial charge in [0.2, 0.25) is 29.4 Å². The van der Waals surface area contributed by atoms with E-state index in [0.717, 1.165) is 0 Å². The highest BCUT2D eigenvalue weighted by molar-refractivity contribution is 6.38. The van der Waals surface area contributed by atoms with Crippen molar-refractivity contribution >= 4 is 41.4 Å². The van der Waals surface area contributed by atoms with Crippen molar-refractivity contribution in [2.45, 2.75) is 77.4 Å². The molecule has 1 heterocycles. The van der Waals surface area contributed by atoms with Crippen LogP contribution in [0.2, 0.25) is 0 Å². The molecule has 6 N–H and O–H groups in total. The van der Waals surface area contributed by atoms with Gasteiger partial charge in [-0.15, -0.1) is 0 Å². The number of rotatable bonds is 15. The van der Waals surface area contributed by atoms with Crippen molar-refractivity contribution < 1.29 is 38.3 Å². The number of primary amides is 1. The Balaban J connectivity index is 1.91. The number of likely N-dealkylation sites (tertiary alicyclic amines) is 1. The molecular weight excluding hydrogens is 548 g/mol. The lowest BCUT2D eigenvalue weighted by atomic mass is 9.97. The molecule has 0 aromatic carbocycles. The molecule has 14 heteroatoms. The van der Waals surface area contributed by atoms with Gasteiger partial charge < -0.3 is 36.6 Å². The van der Waals surface area contributed by atoms with E-state index >= 15 is 0 Å². The van der Waals surface area contributed by atoms with E-state index in [1.54, 1.807) is 19.1 Å². The van der Waals surface area contributed by atoms with Gasteiger partial charge in [-0.2, -0.15) is 0 Å². The van der Waals surface area contributed by atoms with Crippen LogP contribution < -0.4 is 27.0 Å². The number of hydrogen-bond acceptors (Lipinski definition) is 8. The number of carbonyl (C=O) groups is 7. The molecule has 0 radical (unpaired) electrons. The zero-order valence-corrected chi connectivity index (χ0v) is 24.4. The smallest absolute Gasteiger partial charge is 0.407 e. The lowest BCUT2D eigenvalue weighted by molar-refractivity contribution is -0.142. The number of Topliss-reactive ketones (excluding diaryl/α,β-unsaturated/α-hetero) is 1. The van der Waals surface area contributed by atoms with Crippen LogP contribution in [0.1, 0.15) is 59.3 Å². The van der Waals surface area contributed by atoms with E-state index in [2.05, 4.69) is 21.3 Å². The maximum atomic E-state index is 13.1. The molecule has 0 bridgehead atoms. The van der Waals surface area contributed by atoms with Crippen LogP contribution >= 0.6 is 0 Å².